The third-order valence-electron chi connectivity index (χ3n) is 3.41. The molecule has 0 aromatic carbocycles. The van der Waals surface area contributed by atoms with E-state index in [1.807, 2.05) is 20.8 Å². The first-order chi connectivity index (χ1) is 7.31. The van der Waals surface area contributed by atoms with E-state index in [4.69, 9.17) is 9.47 Å². The quantitative estimate of drug-likeness (QED) is 0.733. The third-order valence-corrected chi connectivity index (χ3v) is 3.41. The van der Waals surface area contributed by atoms with Crippen LogP contribution >= 0.6 is 0 Å². The van der Waals surface area contributed by atoms with E-state index in [0.29, 0.717) is 6.61 Å². The number of rotatable bonds is 3. The van der Waals surface area contributed by atoms with E-state index in [2.05, 4.69) is 5.32 Å². The van der Waals surface area contributed by atoms with Crippen LogP contribution in [-0.4, -0.2) is 37.4 Å². The molecule has 0 radical (unpaired) electrons. The molecule has 2 aliphatic heterocycles. The van der Waals surface area contributed by atoms with E-state index in [9.17, 15) is 4.79 Å². The molecule has 92 valence electrons. The summed E-state index contributed by atoms with van der Waals surface area (Å²) >= 11 is 0. The second kappa shape index (κ2) is 3.44. The Morgan fingerprint density at radius 2 is 2.00 bits per heavy atom. The minimum absolute atomic E-state index is 0.0334. The van der Waals surface area contributed by atoms with Crippen molar-refractivity contribution in [1.29, 1.82) is 0 Å². The maximum absolute atomic E-state index is 12.1. The van der Waals surface area contributed by atoms with Gasteiger partial charge in [-0.05, 0) is 33.6 Å². The van der Waals surface area contributed by atoms with Crippen LogP contribution in [0, 0.1) is 5.41 Å². The van der Waals surface area contributed by atoms with Crippen LogP contribution in [-0.2, 0) is 14.3 Å². The molecule has 2 saturated heterocycles. The van der Waals surface area contributed by atoms with Crippen molar-refractivity contribution >= 4 is 5.97 Å². The maximum Gasteiger partial charge on any atom is 0.314 e. The first kappa shape index (κ1) is 11.9. The lowest BCUT2D eigenvalue weighted by atomic mass is 9.62. The van der Waals surface area contributed by atoms with Crippen LogP contribution in [0.25, 0.3) is 0 Å². The molecule has 0 aromatic heterocycles. The van der Waals surface area contributed by atoms with Gasteiger partial charge in [-0.15, -0.1) is 0 Å². The summed E-state index contributed by atoms with van der Waals surface area (Å²) in [4.78, 5) is 12.1. The second-order valence-corrected chi connectivity index (χ2v) is 6.20. The molecular formula is C12H21NO3. The highest BCUT2D eigenvalue weighted by molar-refractivity contribution is 5.80. The summed E-state index contributed by atoms with van der Waals surface area (Å²) in [6, 6.07) is 0. The molecule has 4 heteroatoms. The topological polar surface area (TPSA) is 47.6 Å². The monoisotopic (exact) mass is 227 g/mol. The fourth-order valence-electron chi connectivity index (χ4n) is 2.88. The van der Waals surface area contributed by atoms with Crippen LogP contribution < -0.4 is 5.32 Å². The highest BCUT2D eigenvalue weighted by Crippen LogP contribution is 2.55. The van der Waals surface area contributed by atoms with Gasteiger partial charge < -0.3 is 14.8 Å². The van der Waals surface area contributed by atoms with Gasteiger partial charge in [-0.25, -0.2) is 0 Å². The Bertz CT molecular complexity index is 300. The van der Waals surface area contributed by atoms with Gasteiger partial charge in [-0.1, -0.05) is 0 Å². The normalized spacial score (nSPS) is 37.0. The zero-order valence-corrected chi connectivity index (χ0v) is 10.6. The van der Waals surface area contributed by atoms with Crippen molar-refractivity contribution in [3.63, 3.8) is 0 Å². The molecule has 4 nitrogen and oxygen atoms in total. The Morgan fingerprint density at radius 1 is 1.38 bits per heavy atom. The summed E-state index contributed by atoms with van der Waals surface area (Å²) in [5.41, 5.74) is -0.647. The third kappa shape index (κ3) is 1.84. The Labute approximate surface area is 96.7 Å². The minimum atomic E-state index is -0.395. The van der Waals surface area contributed by atoms with Crippen LogP contribution in [0.1, 0.15) is 33.6 Å². The summed E-state index contributed by atoms with van der Waals surface area (Å²) in [5.74, 6) is -0.0586. The van der Waals surface area contributed by atoms with Crippen molar-refractivity contribution < 1.29 is 14.3 Å². The van der Waals surface area contributed by atoms with Gasteiger partial charge in [0.25, 0.3) is 0 Å². The van der Waals surface area contributed by atoms with E-state index < -0.39 is 5.60 Å². The molecular weight excluding hydrogens is 206 g/mol. The number of nitrogens with one attached hydrogen (secondary N) is 1. The van der Waals surface area contributed by atoms with Crippen molar-refractivity contribution in [2.75, 3.05) is 20.3 Å². The number of hydrogen-bond acceptors (Lipinski definition) is 4. The number of fused-ring (bicyclic) bond motifs is 1. The number of ether oxygens (including phenoxy) is 2. The van der Waals surface area contributed by atoms with E-state index in [0.717, 1.165) is 19.4 Å². The molecule has 0 spiro atoms. The zero-order chi connectivity index (χ0) is 12.0. The molecule has 2 heterocycles. The molecule has 1 aliphatic carbocycles. The van der Waals surface area contributed by atoms with Gasteiger partial charge in [0.05, 0.1) is 12.0 Å². The van der Waals surface area contributed by atoms with E-state index in [-0.39, 0.29) is 16.9 Å². The van der Waals surface area contributed by atoms with Gasteiger partial charge in [-0.3, -0.25) is 4.79 Å². The molecule has 3 aliphatic rings. The molecule has 2 bridgehead atoms. The van der Waals surface area contributed by atoms with Crippen molar-refractivity contribution in [1.82, 2.24) is 5.32 Å². The maximum atomic E-state index is 12.1. The van der Waals surface area contributed by atoms with Crippen molar-refractivity contribution in [3.05, 3.63) is 0 Å². The van der Waals surface area contributed by atoms with Crippen LogP contribution in [0.4, 0.5) is 0 Å². The molecule has 0 amide bonds. The lowest BCUT2D eigenvalue weighted by Gasteiger charge is -2.44. The molecule has 1 N–H and O–H groups in total. The molecule has 3 rings (SSSR count). The molecule has 0 aromatic rings. The summed E-state index contributed by atoms with van der Waals surface area (Å²) in [6.07, 6.45) is 1.70. The smallest absolute Gasteiger partial charge is 0.314 e. The largest absolute Gasteiger partial charge is 0.460 e. The standard InChI is InChI=1S/C12H21NO3/c1-10(2,3)16-9(14)11-5-12(6-11,8-15-4)13-7-11/h13H,5-8H2,1-4H3. The highest BCUT2D eigenvalue weighted by atomic mass is 16.6. The summed E-state index contributed by atoms with van der Waals surface area (Å²) in [7, 11) is 1.70. The number of hydrogen-bond donors (Lipinski definition) is 1. The number of methoxy groups -OCH3 is 1. The first-order valence-electron chi connectivity index (χ1n) is 5.78. The van der Waals surface area contributed by atoms with Crippen LogP contribution in [0.3, 0.4) is 0 Å². The van der Waals surface area contributed by atoms with E-state index in [1.165, 1.54) is 0 Å². The van der Waals surface area contributed by atoms with E-state index >= 15 is 0 Å². The zero-order valence-electron chi connectivity index (χ0n) is 10.6. The Kier molecular flexibility index (Phi) is 2.55. The Balaban J connectivity index is 1.97. The van der Waals surface area contributed by atoms with Crippen LogP contribution in [0.15, 0.2) is 0 Å². The van der Waals surface area contributed by atoms with Gasteiger partial charge in [0.1, 0.15) is 5.60 Å². The SMILES string of the molecule is COCC12CC(C(=O)OC(C)(C)C)(CN1)C2. The fourth-order valence-corrected chi connectivity index (χ4v) is 2.88. The molecule has 3 fully saturated rings. The lowest BCUT2D eigenvalue weighted by Crippen LogP contribution is -2.54. The van der Waals surface area contributed by atoms with Crippen LogP contribution in [0.2, 0.25) is 0 Å². The predicted octanol–water partition coefficient (Wildman–Crippen LogP) is 1.10. The van der Waals surface area contributed by atoms with Crippen molar-refractivity contribution in [3.8, 4) is 0 Å². The van der Waals surface area contributed by atoms with E-state index in [1.54, 1.807) is 7.11 Å². The van der Waals surface area contributed by atoms with Gasteiger partial charge in [0.15, 0.2) is 0 Å². The predicted molar refractivity (Wildman–Crippen MR) is 60.1 cm³/mol. The summed E-state index contributed by atoms with van der Waals surface area (Å²) in [5, 5.41) is 3.39. The van der Waals surface area contributed by atoms with Gasteiger partial charge in [0, 0.05) is 19.2 Å². The van der Waals surface area contributed by atoms with Crippen molar-refractivity contribution in [2.24, 2.45) is 5.41 Å². The summed E-state index contributed by atoms with van der Waals surface area (Å²) in [6.45, 7) is 7.13. The Hall–Kier alpha value is -0.610. The van der Waals surface area contributed by atoms with Crippen molar-refractivity contribution in [2.45, 2.75) is 44.8 Å². The number of carbonyl (C=O) groups is 1. The molecule has 0 atom stereocenters. The Morgan fingerprint density at radius 3 is 2.50 bits per heavy atom. The molecule has 1 saturated carbocycles. The molecule has 16 heavy (non-hydrogen) atoms. The average Bonchev–Trinajstić information content (AvgIpc) is 2.56. The molecule has 0 unspecified atom stereocenters. The lowest BCUT2D eigenvalue weighted by molar-refractivity contribution is -0.173. The number of carbonyl (C=O) groups excluding carboxylic acids is 1. The van der Waals surface area contributed by atoms with Gasteiger partial charge in [0.2, 0.25) is 0 Å². The minimum Gasteiger partial charge on any atom is -0.460 e. The first-order valence-corrected chi connectivity index (χ1v) is 5.78. The second-order valence-electron chi connectivity index (χ2n) is 6.20. The highest BCUT2D eigenvalue weighted by Gasteiger charge is 2.65. The van der Waals surface area contributed by atoms with Crippen LogP contribution in [0.5, 0.6) is 0 Å². The average molecular weight is 227 g/mol. The number of esters is 1. The van der Waals surface area contributed by atoms with Gasteiger partial charge in [-0.2, -0.15) is 0 Å². The summed E-state index contributed by atoms with van der Waals surface area (Å²) < 4.78 is 10.6. The fraction of sp³-hybridized carbons (Fsp3) is 0.917. The van der Waals surface area contributed by atoms with Gasteiger partial charge >= 0.3 is 5.97 Å².